The van der Waals surface area contributed by atoms with Crippen molar-refractivity contribution >= 4 is 16.8 Å². The molecule has 3 aliphatic rings. The minimum atomic E-state index is -4.35. The summed E-state index contributed by atoms with van der Waals surface area (Å²) in [5.41, 5.74) is 1.93. The number of hydrogen-bond donors (Lipinski definition) is 1. The van der Waals surface area contributed by atoms with Gasteiger partial charge in [0.1, 0.15) is 0 Å². The van der Waals surface area contributed by atoms with Crippen molar-refractivity contribution in [3.63, 3.8) is 0 Å². The van der Waals surface area contributed by atoms with E-state index in [0.717, 1.165) is 47.9 Å². The number of alkyl halides is 3. The molecule has 2 bridgehead atoms. The lowest BCUT2D eigenvalue weighted by Crippen LogP contribution is -2.74. The number of nitrogens with zero attached hydrogens (tertiary/aromatic N) is 1. The quantitative estimate of drug-likeness (QED) is 0.503. The van der Waals surface area contributed by atoms with Gasteiger partial charge in [0.05, 0.1) is 16.6 Å². The summed E-state index contributed by atoms with van der Waals surface area (Å²) < 4.78 is 40.4. The van der Waals surface area contributed by atoms with Crippen LogP contribution in [-0.4, -0.2) is 16.0 Å². The molecule has 162 valence electrons. The molecule has 0 aliphatic heterocycles. The highest BCUT2D eigenvalue weighted by Crippen LogP contribution is 2.69. The zero-order chi connectivity index (χ0) is 21.9. The molecule has 0 spiro atoms. The highest BCUT2D eigenvalue weighted by molar-refractivity contribution is 6.06. The Bertz CT molecular complexity index is 1120. The fraction of sp³-hybridized carbons (Fsp3) is 0.400. The maximum atomic E-state index is 13.2. The first kappa shape index (κ1) is 20.2. The molecule has 1 heterocycles. The molecule has 31 heavy (non-hydrogen) atoms. The van der Waals surface area contributed by atoms with Gasteiger partial charge in [-0.2, -0.15) is 13.2 Å². The van der Waals surface area contributed by atoms with Crippen LogP contribution in [0, 0.1) is 5.41 Å². The van der Waals surface area contributed by atoms with E-state index in [-0.39, 0.29) is 11.4 Å². The van der Waals surface area contributed by atoms with Crippen molar-refractivity contribution in [1.82, 2.24) is 9.88 Å². The first-order valence-corrected chi connectivity index (χ1v) is 10.8. The van der Waals surface area contributed by atoms with Gasteiger partial charge in [-0.25, -0.2) is 0 Å². The Hall–Kier alpha value is -2.76. The lowest BCUT2D eigenvalue weighted by Gasteiger charge is -2.71. The Morgan fingerprint density at radius 2 is 1.77 bits per heavy atom. The van der Waals surface area contributed by atoms with Gasteiger partial charge in [0.15, 0.2) is 0 Å². The second-order valence-corrected chi connectivity index (χ2v) is 9.40. The Balaban J connectivity index is 1.37. The number of carbonyl (C=O) groups excluding carboxylic acids is 1. The van der Waals surface area contributed by atoms with E-state index in [0.29, 0.717) is 17.5 Å². The average molecular weight is 426 g/mol. The van der Waals surface area contributed by atoms with E-state index in [4.69, 9.17) is 0 Å². The van der Waals surface area contributed by atoms with E-state index in [9.17, 15) is 18.0 Å². The zero-order valence-electron chi connectivity index (χ0n) is 17.4. The van der Waals surface area contributed by atoms with E-state index >= 15 is 0 Å². The number of aromatic nitrogens is 1. The van der Waals surface area contributed by atoms with E-state index < -0.39 is 11.7 Å². The number of halogens is 3. The first-order chi connectivity index (χ1) is 14.7. The maximum Gasteiger partial charge on any atom is 0.416 e. The Labute approximate surface area is 179 Å². The predicted molar refractivity (Wildman–Crippen MR) is 114 cm³/mol. The van der Waals surface area contributed by atoms with Gasteiger partial charge < -0.3 is 9.88 Å². The fourth-order valence-corrected chi connectivity index (χ4v) is 5.81. The number of hydrogen-bond acceptors (Lipinski definition) is 1. The summed E-state index contributed by atoms with van der Waals surface area (Å²) in [5, 5.41) is 4.22. The van der Waals surface area contributed by atoms with Crippen LogP contribution in [0.2, 0.25) is 0 Å². The van der Waals surface area contributed by atoms with Gasteiger partial charge in [0.2, 0.25) is 0 Å². The van der Waals surface area contributed by atoms with Crippen molar-refractivity contribution in [2.75, 3.05) is 0 Å². The third-order valence-corrected chi connectivity index (χ3v) is 6.97. The molecular weight excluding hydrogens is 401 g/mol. The third kappa shape index (κ3) is 3.42. The topological polar surface area (TPSA) is 34.0 Å². The van der Waals surface area contributed by atoms with Crippen molar-refractivity contribution in [2.24, 2.45) is 5.41 Å². The van der Waals surface area contributed by atoms with Gasteiger partial charge >= 0.3 is 6.18 Å². The molecule has 6 rings (SSSR count). The number of rotatable bonds is 6. The fourth-order valence-electron chi connectivity index (χ4n) is 5.81. The molecule has 0 unspecified atom stereocenters. The maximum absolute atomic E-state index is 13.2. The monoisotopic (exact) mass is 426 g/mol. The molecule has 3 nitrogen and oxygen atoms in total. The highest BCUT2D eigenvalue weighted by atomic mass is 19.4. The van der Waals surface area contributed by atoms with Crippen molar-refractivity contribution in [2.45, 2.75) is 57.3 Å². The summed E-state index contributed by atoms with van der Waals surface area (Å²) in [7, 11) is 0. The molecule has 1 aromatic heterocycles. The van der Waals surface area contributed by atoms with Crippen molar-refractivity contribution in [3.05, 3.63) is 71.4 Å². The van der Waals surface area contributed by atoms with Gasteiger partial charge in [-0.15, -0.1) is 0 Å². The molecule has 1 N–H and O–H groups in total. The van der Waals surface area contributed by atoms with Crippen LogP contribution < -0.4 is 5.32 Å². The molecule has 1 amide bonds. The van der Waals surface area contributed by atoms with Gasteiger partial charge in [-0.1, -0.05) is 37.6 Å². The third-order valence-electron chi connectivity index (χ3n) is 6.97. The van der Waals surface area contributed by atoms with Crippen LogP contribution in [0.4, 0.5) is 13.2 Å². The molecule has 0 saturated heterocycles. The number of benzene rings is 2. The number of nitrogens with one attached hydrogen (secondary N) is 1. The van der Waals surface area contributed by atoms with Crippen molar-refractivity contribution in [1.29, 1.82) is 0 Å². The summed E-state index contributed by atoms with van der Waals surface area (Å²) in [4.78, 5) is 13.2. The molecule has 0 atom stereocenters. The summed E-state index contributed by atoms with van der Waals surface area (Å²) in [6.45, 7) is 2.61. The number of carbonyl (C=O) groups is 1. The van der Waals surface area contributed by atoms with Crippen LogP contribution in [0.25, 0.3) is 10.9 Å². The molecule has 0 radical (unpaired) electrons. The number of fused-ring (bicyclic) bond motifs is 1. The Morgan fingerprint density at radius 3 is 2.42 bits per heavy atom. The summed E-state index contributed by atoms with van der Waals surface area (Å²) in [6.07, 6.45) is 3.17. The Morgan fingerprint density at radius 1 is 1.06 bits per heavy atom. The van der Waals surface area contributed by atoms with E-state index in [1.807, 2.05) is 35.0 Å². The van der Waals surface area contributed by atoms with E-state index in [1.54, 1.807) is 0 Å². The first-order valence-electron chi connectivity index (χ1n) is 10.8. The van der Waals surface area contributed by atoms with Gasteiger partial charge in [0.25, 0.3) is 5.91 Å². The number of amides is 1. The van der Waals surface area contributed by atoms with Crippen LogP contribution in [0.5, 0.6) is 0 Å². The molecule has 3 saturated carbocycles. The summed E-state index contributed by atoms with van der Waals surface area (Å²) in [6, 6.07) is 12.8. The minimum Gasteiger partial charge on any atom is -0.346 e. The van der Waals surface area contributed by atoms with E-state index in [1.165, 1.54) is 25.0 Å². The van der Waals surface area contributed by atoms with Crippen molar-refractivity contribution < 1.29 is 18.0 Å². The van der Waals surface area contributed by atoms with Crippen LogP contribution >= 0.6 is 0 Å². The van der Waals surface area contributed by atoms with Gasteiger partial charge in [0, 0.05) is 23.7 Å². The molecule has 3 aromatic rings. The van der Waals surface area contributed by atoms with Crippen LogP contribution in [-0.2, 0) is 12.7 Å². The molecular formula is C25H25F3N2O. The van der Waals surface area contributed by atoms with Gasteiger partial charge in [-0.05, 0) is 60.9 Å². The second kappa shape index (κ2) is 6.87. The predicted octanol–water partition coefficient (Wildman–Crippen LogP) is 6.16. The standard InChI is InChI=1S/C25H25F3N2O/c1-2-11-23-14-24(15-23,16-23)29-22(31)20-5-3-4-18-10-12-30(21(18)20)13-17-6-8-19(9-7-17)25(26,27)28/h3-10,12H,2,11,13-16H2,1H3,(H,29,31). The van der Waals surface area contributed by atoms with Crippen molar-refractivity contribution in [3.8, 4) is 0 Å². The second-order valence-electron chi connectivity index (χ2n) is 9.40. The average Bonchev–Trinajstić information content (AvgIpc) is 3.08. The SMILES string of the molecule is CCCC12CC(NC(=O)c3cccc4ccn(Cc5ccc(C(F)(F)F)cc5)c34)(C1)C2. The lowest BCUT2D eigenvalue weighted by atomic mass is 9.38. The van der Waals surface area contributed by atoms with Gasteiger partial charge in [-0.3, -0.25) is 4.79 Å². The lowest BCUT2D eigenvalue weighted by molar-refractivity contribution is -0.152. The van der Waals surface area contributed by atoms with E-state index in [2.05, 4.69) is 12.2 Å². The largest absolute Gasteiger partial charge is 0.416 e. The molecule has 3 fully saturated rings. The Kier molecular flexibility index (Phi) is 4.47. The molecule has 2 aromatic carbocycles. The zero-order valence-corrected chi connectivity index (χ0v) is 17.4. The summed E-state index contributed by atoms with van der Waals surface area (Å²) >= 11 is 0. The highest BCUT2D eigenvalue weighted by Gasteiger charge is 2.67. The van der Waals surface area contributed by atoms with Crippen LogP contribution in [0.3, 0.4) is 0 Å². The molecule has 3 aliphatic carbocycles. The normalized spacial score (nSPS) is 24.5. The number of para-hydroxylation sites is 1. The molecule has 6 heteroatoms. The van der Waals surface area contributed by atoms with Crippen LogP contribution in [0.15, 0.2) is 54.7 Å². The smallest absolute Gasteiger partial charge is 0.346 e. The van der Waals surface area contributed by atoms with Crippen LogP contribution in [0.1, 0.15) is 60.5 Å². The summed E-state index contributed by atoms with van der Waals surface area (Å²) in [5.74, 6) is -0.0669. The minimum absolute atomic E-state index is 0.0424.